The van der Waals surface area contributed by atoms with Crippen molar-refractivity contribution in [2.24, 2.45) is 5.73 Å². The number of benzene rings is 1. The molecule has 0 radical (unpaired) electrons. The average Bonchev–Trinajstić information content (AvgIpc) is 2.09. The summed E-state index contributed by atoms with van der Waals surface area (Å²) in [6.45, 7) is 3.24. The van der Waals surface area contributed by atoms with Gasteiger partial charge in [0.25, 0.3) is 0 Å². The van der Waals surface area contributed by atoms with Crippen LogP contribution in [-0.4, -0.2) is 13.1 Å². The molecule has 0 bridgehead atoms. The van der Waals surface area contributed by atoms with Crippen molar-refractivity contribution >= 4 is 23.0 Å². The van der Waals surface area contributed by atoms with E-state index in [1.54, 1.807) is 6.07 Å². The molecule has 0 heterocycles. The van der Waals surface area contributed by atoms with Crippen molar-refractivity contribution in [1.82, 2.24) is 0 Å². The number of nitrogens with two attached hydrogens (primary N) is 2. The lowest BCUT2D eigenvalue weighted by atomic mass is 10.2. The minimum Gasteiger partial charge on any atom is -0.398 e. The zero-order valence-corrected chi connectivity index (χ0v) is 8.36. The number of nitrogens with one attached hydrogen (secondary N) is 1. The molecule has 0 aliphatic carbocycles. The number of aryl methyl sites for hydroxylation is 1. The molecule has 0 amide bonds. The van der Waals surface area contributed by atoms with Crippen LogP contribution in [0.3, 0.4) is 0 Å². The van der Waals surface area contributed by atoms with E-state index in [2.05, 4.69) is 5.32 Å². The molecule has 5 N–H and O–H groups in total. The Kier molecular flexibility index (Phi) is 3.39. The monoisotopic (exact) mass is 199 g/mol. The summed E-state index contributed by atoms with van der Waals surface area (Å²) in [5.41, 5.74) is 13.7. The third kappa shape index (κ3) is 2.50. The van der Waals surface area contributed by atoms with Gasteiger partial charge in [-0.15, -0.1) is 0 Å². The smallest absolute Gasteiger partial charge is 0.0658 e. The van der Waals surface area contributed by atoms with E-state index in [0.717, 1.165) is 11.3 Å². The van der Waals surface area contributed by atoms with E-state index in [4.69, 9.17) is 23.1 Å². The van der Waals surface area contributed by atoms with Crippen LogP contribution in [0.15, 0.2) is 12.1 Å². The maximum Gasteiger partial charge on any atom is 0.0658 e. The van der Waals surface area contributed by atoms with Crippen LogP contribution in [0, 0.1) is 6.92 Å². The highest BCUT2D eigenvalue weighted by molar-refractivity contribution is 6.33. The van der Waals surface area contributed by atoms with Crippen LogP contribution < -0.4 is 16.8 Å². The molecular formula is C9H14ClN3. The van der Waals surface area contributed by atoms with Crippen LogP contribution in [-0.2, 0) is 0 Å². The molecule has 3 nitrogen and oxygen atoms in total. The number of nitrogen functional groups attached to an aromatic ring is 1. The highest BCUT2D eigenvalue weighted by Crippen LogP contribution is 2.26. The summed E-state index contributed by atoms with van der Waals surface area (Å²) >= 11 is 5.95. The minimum atomic E-state index is 0.583. The van der Waals surface area contributed by atoms with E-state index in [1.165, 1.54) is 0 Å². The number of hydrogen-bond donors (Lipinski definition) is 3. The molecule has 0 atom stereocenters. The van der Waals surface area contributed by atoms with Crippen molar-refractivity contribution in [1.29, 1.82) is 0 Å². The molecule has 1 aromatic rings. The Balaban J connectivity index is 2.88. The summed E-state index contributed by atoms with van der Waals surface area (Å²) in [7, 11) is 0. The van der Waals surface area contributed by atoms with Crippen molar-refractivity contribution in [3.63, 3.8) is 0 Å². The van der Waals surface area contributed by atoms with Crippen LogP contribution in [0.4, 0.5) is 11.4 Å². The second-order valence-corrected chi connectivity index (χ2v) is 3.31. The fourth-order valence-electron chi connectivity index (χ4n) is 1.04. The van der Waals surface area contributed by atoms with Gasteiger partial charge in [-0.3, -0.25) is 0 Å². The number of halogens is 1. The van der Waals surface area contributed by atoms with Crippen LogP contribution in [0.5, 0.6) is 0 Å². The summed E-state index contributed by atoms with van der Waals surface area (Å²) < 4.78 is 0. The van der Waals surface area contributed by atoms with Gasteiger partial charge in [0.05, 0.1) is 10.7 Å². The topological polar surface area (TPSA) is 64.1 Å². The van der Waals surface area contributed by atoms with Crippen LogP contribution in [0.25, 0.3) is 0 Å². The number of rotatable bonds is 3. The van der Waals surface area contributed by atoms with Gasteiger partial charge in [0, 0.05) is 18.8 Å². The van der Waals surface area contributed by atoms with Crippen LogP contribution >= 0.6 is 11.6 Å². The molecule has 0 fully saturated rings. The Bertz CT molecular complexity index is 299. The highest BCUT2D eigenvalue weighted by Gasteiger charge is 2.02. The summed E-state index contributed by atoms with van der Waals surface area (Å²) in [5, 5.41) is 3.75. The molecule has 1 rings (SSSR count). The SMILES string of the molecule is Cc1cc(NCCN)c(Cl)cc1N. The zero-order chi connectivity index (χ0) is 9.84. The Morgan fingerprint density at radius 1 is 1.46 bits per heavy atom. The van der Waals surface area contributed by atoms with E-state index in [9.17, 15) is 0 Å². The van der Waals surface area contributed by atoms with Gasteiger partial charge in [0.1, 0.15) is 0 Å². The van der Waals surface area contributed by atoms with Crippen molar-refractivity contribution in [3.05, 3.63) is 22.7 Å². The molecule has 72 valence electrons. The number of anilines is 2. The summed E-state index contributed by atoms with van der Waals surface area (Å²) in [5.74, 6) is 0. The molecule has 0 aliphatic heterocycles. The zero-order valence-electron chi connectivity index (χ0n) is 7.60. The molecule has 4 heteroatoms. The molecule has 0 aliphatic rings. The first kappa shape index (κ1) is 10.2. The molecule has 0 saturated heterocycles. The Morgan fingerprint density at radius 2 is 2.15 bits per heavy atom. The summed E-state index contributed by atoms with van der Waals surface area (Å²) in [6.07, 6.45) is 0. The second-order valence-electron chi connectivity index (χ2n) is 2.90. The molecule has 0 spiro atoms. The molecule has 13 heavy (non-hydrogen) atoms. The molecule has 0 unspecified atom stereocenters. The average molecular weight is 200 g/mol. The third-order valence-corrected chi connectivity index (χ3v) is 2.13. The van der Waals surface area contributed by atoms with E-state index >= 15 is 0 Å². The van der Waals surface area contributed by atoms with Gasteiger partial charge < -0.3 is 16.8 Å². The first-order valence-electron chi connectivity index (χ1n) is 4.14. The second kappa shape index (κ2) is 4.35. The van der Waals surface area contributed by atoms with Crippen molar-refractivity contribution in [3.8, 4) is 0 Å². The molecule has 0 aromatic heterocycles. The quantitative estimate of drug-likeness (QED) is 0.648. The van der Waals surface area contributed by atoms with Crippen molar-refractivity contribution in [2.75, 3.05) is 24.1 Å². The van der Waals surface area contributed by atoms with E-state index in [1.807, 2.05) is 13.0 Å². The van der Waals surface area contributed by atoms with Gasteiger partial charge in [-0.2, -0.15) is 0 Å². The van der Waals surface area contributed by atoms with Gasteiger partial charge >= 0.3 is 0 Å². The van der Waals surface area contributed by atoms with Gasteiger partial charge in [-0.1, -0.05) is 11.6 Å². The predicted octanol–water partition coefficient (Wildman–Crippen LogP) is 1.60. The largest absolute Gasteiger partial charge is 0.398 e. The Labute approximate surface area is 83.1 Å². The maximum atomic E-state index is 5.95. The van der Waals surface area contributed by atoms with Crippen LogP contribution in [0.1, 0.15) is 5.56 Å². The third-order valence-electron chi connectivity index (χ3n) is 1.82. The standard InChI is InChI=1S/C9H14ClN3/c1-6-4-9(13-3-2-11)7(10)5-8(6)12/h4-5,13H,2-3,11-12H2,1H3. The fraction of sp³-hybridized carbons (Fsp3) is 0.333. The summed E-state index contributed by atoms with van der Waals surface area (Å²) in [4.78, 5) is 0. The van der Waals surface area contributed by atoms with Crippen molar-refractivity contribution < 1.29 is 0 Å². The molecular weight excluding hydrogens is 186 g/mol. The fourth-order valence-corrected chi connectivity index (χ4v) is 1.28. The van der Waals surface area contributed by atoms with E-state index in [0.29, 0.717) is 23.8 Å². The normalized spacial score (nSPS) is 10.1. The van der Waals surface area contributed by atoms with Gasteiger partial charge in [0.2, 0.25) is 0 Å². The van der Waals surface area contributed by atoms with E-state index < -0.39 is 0 Å². The highest BCUT2D eigenvalue weighted by atomic mass is 35.5. The lowest BCUT2D eigenvalue weighted by Gasteiger charge is -2.09. The van der Waals surface area contributed by atoms with E-state index in [-0.39, 0.29) is 0 Å². The number of hydrogen-bond acceptors (Lipinski definition) is 3. The Hall–Kier alpha value is -0.930. The summed E-state index contributed by atoms with van der Waals surface area (Å²) in [6, 6.07) is 3.67. The molecule has 0 saturated carbocycles. The lowest BCUT2D eigenvalue weighted by Crippen LogP contribution is -2.13. The van der Waals surface area contributed by atoms with Crippen molar-refractivity contribution in [2.45, 2.75) is 6.92 Å². The first-order chi connectivity index (χ1) is 6.15. The van der Waals surface area contributed by atoms with Gasteiger partial charge in [-0.25, -0.2) is 0 Å². The van der Waals surface area contributed by atoms with Crippen LogP contribution in [0.2, 0.25) is 5.02 Å². The minimum absolute atomic E-state index is 0.583. The maximum absolute atomic E-state index is 5.95. The van der Waals surface area contributed by atoms with Gasteiger partial charge in [-0.05, 0) is 24.6 Å². The Morgan fingerprint density at radius 3 is 2.77 bits per heavy atom. The lowest BCUT2D eigenvalue weighted by molar-refractivity contribution is 1.02. The van der Waals surface area contributed by atoms with Gasteiger partial charge in [0.15, 0.2) is 0 Å². The predicted molar refractivity (Wildman–Crippen MR) is 58.1 cm³/mol. The first-order valence-corrected chi connectivity index (χ1v) is 4.52. The molecule has 1 aromatic carbocycles.